The number of aryl methyl sites for hydroxylation is 1. The van der Waals surface area contributed by atoms with Gasteiger partial charge < -0.3 is 0 Å². The molecule has 2 heteroatoms. The minimum atomic E-state index is 0. The van der Waals surface area contributed by atoms with Crippen molar-refractivity contribution < 1.29 is 0 Å². The summed E-state index contributed by atoms with van der Waals surface area (Å²) in [5, 5.41) is 0. The van der Waals surface area contributed by atoms with E-state index in [1.165, 1.54) is 63.4 Å². The van der Waals surface area contributed by atoms with Crippen LogP contribution >= 0.6 is 0 Å². The summed E-state index contributed by atoms with van der Waals surface area (Å²) in [6.07, 6.45) is 12.5. The van der Waals surface area contributed by atoms with Crippen LogP contribution in [-0.4, -0.2) is 59.1 Å². The second-order valence-electron chi connectivity index (χ2n) is 4.63. The molecule has 0 nitrogen and oxygen atoms in total. The van der Waals surface area contributed by atoms with E-state index in [4.69, 9.17) is 0 Å². The Kier molecular flexibility index (Phi) is 19.5. The van der Waals surface area contributed by atoms with Gasteiger partial charge in [0.2, 0.25) is 0 Å². The molecule has 0 aromatic heterocycles. The first kappa shape index (κ1) is 21.5. The number of unbranched alkanes of at least 4 members (excludes halogenated alkanes) is 7. The summed E-state index contributed by atoms with van der Waals surface area (Å²) < 4.78 is 0. The van der Waals surface area contributed by atoms with Crippen molar-refractivity contribution in [3.05, 3.63) is 35.9 Å². The molecular formula is C16H27Na2. The standard InChI is InChI=1S/C16H25.2Na.2H/c1-2-3-4-5-6-7-8-10-13-16-14-11-9-12-15-16;;;;/h11-12,14-15H,2-8,10,13H2,1H3;;;;. The van der Waals surface area contributed by atoms with Crippen LogP contribution in [0.25, 0.3) is 0 Å². The Bertz CT molecular complexity index is 247. The average molecular weight is 265 g/mol. The number of rotatable bonds is 9. The zero-order chi connectivity index (χ0) is 11.5. The van der Waals surface area contributed by atoms with E-state index in [0.717, 1.165) is 0 Å². The zero-order valence-electron chi connectivity index (χ0n) is 10.7. The van der Waals surface area contributed by atoms with E-state index < -0.39 is 0 Å². The Morgan fingerprint density at radius 1 is 0.778 bits per heavy atom. The summed E-state index contributed by atoms with van der Waals surface area (Å²) in [4.78, 5) is 0. The van der Waals surface area contributed by atoms with E-state index in [-0.39, 0.29) is 59.1 Å². The van der Waals surface area contributed by atoms with Crippen molar-refractivity contribution in [1.82, 2.24) is 0 Å². The predicted molar refractivity (Wildman–Crippen MR) is 85.9 cm³/mol. The van der Waals surface area contributed by atoms with Crippen molar-refractivity contribution in [3.8, 4) is 0 Å². The monoisotopic (exact) mass is 265 g/mol. The van der Waals surface area contributed by atoms with Crippen LogP contribution in [0.15, 0.2) is 24.3 Å². The van der Waals surface area contributed by atoms with Gasteiger partial charge in [0.25, 0.3) is 0 Å². The third kappa shape index (κ3) is 12.3. The summed E-state index contributed by atoms with van der Waals surface area (Å²) in [5.41, 5.74) is 1.46. The van der Waals surface area contributed by atoms with Crippen LogP contribution in [0.2, 0.25) is 0 Å². The van der Waals surface area contributed by atoms with Crippen LogP contribution in [0, 0.1) is 6.07 Å². The second kappa shape index (κ2) is 16.3. The Morgan fingerprint density at radius 3 is 1.83 bits per heavy atom. The molecule has 0 aliphatic carbocycles. The molecule has 0 fully saturated rings. The molecule has 1 aromatic rings. The third-order valence-electron chi connectivity index (χ3n) is 3.11. The molecule has 0 saturated carbocycles. The molecule has 93 valence electrons. The van der Waals surface area contributed by atoms with Gasteiger partial charge in [-0.25, -0.2) is 0 Å². The molecule has 18 heavy (non-hydrogen) atoms. The molecule has 0 saturated heterocycles. The number of hydrogen-bond acceptors (Lipinski definition) is 0. The molecule has 0 atom stereocenters. The van der Waals surface area contributed by atoms with Gasteiger partial charge in [-0.3, -0.25) is 0 Å². The third-order valence-corrected chi connectivity index (χ3v) is 3.11. The SMILES string of the molecule is CCCCCCCCCCc1cc[c]cc1.[NaH].[NaH]. The van der Waals surface area contributed by atoms with Gasteiger partial charge in [-0.15, -0.1) is 0 Å². The van der Waals surface area contributed by atoms with Crippen LogP contribution in [0.3, 0.4) is 0 Å². The Morgan fingerprint density at radius 2 is 1.28 bits per heavy atom. The van der Waals surface area contributed by atoms with Gasteiger partial charge in [0.05, 0.1) is 0 Å². The molecule has 0 aliphatic rings. The van der Waals surface area contributed by atoms with Crippen molar-refractivity contribution in [2.75, 3.05) is 0 Å². The second-order valence-corrected chi connectivity index (χ2v) is 4.63. The Hall–Kier alpha value is 1.22. The first-order chi connectivity index (χ1) is 7.93. The van der Waals surface area contributed by atoms with E-state index in [2.05, 4.69) is 25.1 Å². The van der Waals surface area contributed by atoms with Crippen LogP contribution in [0.4, 0.5) is 0 Å². The first-order valence-electron chi connectivity index (χ1n) is 6.88. The van der Waals surface area contributed by atoms with E-state index in [0.29, 0.717) is 0 Å². The topological polar surface area (TPSA) is 0 Å². The summed E-state index contributed by atoms with van der Waals surface area (Å²) in [6, 6.07) is 11.5. The van der Waals surface area contributed by atoms with Crippen LogP contribution in [0.5, 0.6) is 0 Å². The zero-order valence-corrected chi connectivity index (χ0v) is 10.7. The van der Waals surface area contributed by atoms with E-state index in [1.54, 1.807) is 0 Å². The molecule has 0 aliphatic heterocycles. The fourth-order valence-corrected chi connectivity index (χ4v) is 2.05. The van der Waals surface area contributed by atoms with Gasteiger partial charge in [0.1, 0.15) is 0 Å². The van der Waals surface area contributed by atoms with Gasteiger partial charge in [-0.05, 0) is 24.5 Å². The molecular weight excluding hydrogens is 238 g/mol. The summed E-state index contributed by atoms with van der Waals surface area (Å²) in [6.45, 7) is 2.28. The molecule has 0 spiro atoms. The predicted octanol–water partition coefficient (Wildman–Crippen LogP) is 3.87. The maximum absolute atomic E-state index is 3.06. The quantitative estimate of drug-likeness (QED) is 0.469. The molecule has 0 bridgehead atoms. The van der Waals surface area contributed by atoms with Crippen LogP contribution in [0.1, 0.15) is 63.9 Å². The molecule has 0 unspecified atom stereocenters. The molecule has 1 aromatic carbocycles. The van der Waals surface area contributed by atoms with E-state index in [1.807, 2.05) is 12.1 Å². The van der Waals surface area contributed by atoms with Crippen molar-refractivity contribution in [2.45, 2.75) is 64.7 Å². The van der Waals surface area contributed by atoms with Gasteiger partial charge in [0, 0.05) is 0 Å². The molecule has 1 radical (unpaired) electrons. The average Bonchev–Trinajstić information content (AvgIpc) is 2.34. The van der Waals surface area contributed by atoms with Crippen molar-refractivity contribution in [2.24, 2.45) is 0 Å². The normalized spacial score (nSPS) is 9.39. The summed E-state index contributed by atoms with van der Waals surface area (Å²) in [7, 11) is 0. The van der Waals surface area contributed by atoms with Crippen molar-refractivity contribution in [1.29, 1.82) is 0 Å². The maximum atomic E-state index is 3.06. The van der Waals surface area contributed by atoms with Crippen LogP contribution < -0.4 is 0 Å². The Balaban J connectivity index is 0. The number of benzene rings is 1. The molecule has 0 heterocycles. The first-order valence-corrected chi connectivity index (χ1v) is 6.88. The fourth-order valence-electron chi connectivity index (χ4n) is 2.05. The summed E-state index contributed by atoms with van der Waals surface area (Å²) in [5.74, 6) is 0. The van der Waals surface area contributed by atoms with Gasteiger partial charge in [-0.2, -0.15) is 0 Å². The molecule has 0 N–H and O–H groups in total. The fraction of sp³-hybridized carbons (Fsp3) is 0.625. The molecule has 0 amide bonds. The van der Waals surface area contributed by atoms with Crippen molar-refractivity contribution in [3.63, 3.8) is 0 Å². The van der Waals surface area contributed by atoms with Gasteiger partial charge in [-0.1, -0.05) is 76.1 Å². The van der Waals surface area contributed by atoms with Crippen molar-refractivity contribution >= 4 is 59.1 Å². The molecule has 1 rings (SSSR count). The van der Waals surface area contributed by atoms with E-state index in [9.17, 15) is 0 Å². The van der Waals surface area contributed by atoms with E-state index >= 15 is 0 Å². The van der Waals surface area contributed by atoms with Gasteiger partial charge >= 0.3 is 59.1 Å². The van der Waals surface area contributed by atoms with Gasteiger partial charge in [0.15, 0.2) is 0 Å². The summed E-state index contributed by atoms with van der Waals surface area (Å²) >= 11 is 0. The Labute approximate surface area is 158 Å². The minimum absolute atomic E-state index is 0. The number of hydrogen-bond donors (Lipinski definition) is 0. The van der Waals surface area contributed by atoms with Crippen LogP contribution in [-0.2, 0) is 6.42 Å².